The van der Waals surface area contributed by atoms with Crippen molar-refractivity contribution in [2.24, 2.45) is 0 Å². The lowest BCUT2D eigenvalue weighted by Gasteiger charge is -2.39. The van der Waals surface area contributed by atoms with Gasteiger partial charge in [0.2, 0.25) is 0 Å². The predicted molar refractivity (Wildman–Crippen MR) is 137 cm³/mol. The first-order valence-electron chi connectivity index (χ1n) is 12.6. The molecule has 194 valence electrons. The standard InChI is InChI=1S/C27H32F5N.C2H6/c1-5-7-15-22-20(6-2)21-14-10-12-19-13-11-16-23(24(19)21)25(22,3)17-8-9-18-33(26(4,28)29)27(30,31)32;1-2/h7,10-16H,5-6,8-9,17-18H2,1-4H3;1-2H3/b15-7-;. The zero-order valence-corrected chi connectivity index (χ0v) is 21.7. The summed E-state index contributed by atoms with van der Waals surface area (Å²) in [7, 11) is 0. The van der Waals surface area contributed by atoms with Crippen LogP contribution in [0.1, 0.15) is 84.8 Å². The molecule has 0 saturated carbocycles. The van der Waals surface area contributed by atoms with E-state index < -0.39 is 29.2 Å². The van der Waals surface area contributed by atoms with Gasteiger partial charge in [0.15, 0.2) is 0 Å². The highest BCUT2D eigenvalue weighted by Gasteiger charge is 2.49. The molecule has 3 rings (SSSR count). The number of hydrogen-bond donors (Lipinski definition) is 0. The number of hydrogen-bond acceptors (Lipinski definition) is 1. The van der Waals surface area contributed by atoms with Gasteiger partial charge in [-0.15, -0.1) is 0 Å². The minimum atomic E-state index is -5.07. The highest BCUT2D eigenvalue weighted by molar-refractivity contribution is 6.01. The van der Waals surface area contributed by atoms with Crippen LogP contribution >= 0.6 is 0 Å². The topological polar surface area (TPSA) is 3.24 Å². The lowest BCUT2D eigenvalue weighted by Crippen LogP contribution is -2.49. The number of unbranched alkanes of at least 4 members (excludes halogenated alkanes) is 1. The molecule has 0 fully saturated rings. The molecule has 0 aliphatic heterocycles. The Morgan fingerprint density at radius 3 is 2.11 bits per heavy atom. The lowest BCUT2D eigenvalue weighted by atomic mass is 9.64. The molecule has 2 aromatic rings. The van der Waals surface area contributed by atoms with Crippen LogP contribution in [-0.4, -0.2) is 23.8 Å². The fraction of sp³-hybridized carbons (Fsp3) is 0.517. The number of nitrogens with zero attached hydrogens (tertiary/aromatic N) is 1. The fourth-order valence-electron chi connectivity index (χ4n) is 5.14. The van der Waals surface area contributed by atoms with Crippen molar-refractivity contribution in [3.63, 3.8) is 0 Å². The highest BCUT2D eigenvalue weighted by atomic mass is 19.4. The van der Waals surface area contributed by atoms with Crippen LogP contribution in [0.4, 0.5) is 22.0 Å². The van der Waals surface area contributed by atoms with Gasteiger partial charge in [0.1, 0.15) is 0 Å². The predicted octanol–water partition coefficient (Wildman–Crippen LogP) is 9.87. The van der Waals surface area contributed by atoms with Crippen LogP contribution in [0.15, 0.2) is 54.1 Å². The van der Waals surface area contributed by atoms with Gasteiger partial charge in [0.25, 0.3) is 0 Å². The number of rotatable bonds is 9. The zero-order valence-electron chi connectivity index (χ0n) is 21.7. The van der Waals surface area contributed by atoms with Crippen LogP contribution < -0.4 is 0 Å². The molecule has 0 amide bonds. The lowest BCUT2D eigenvalue weighted by molar-refractivity contribution is -0.326. The van der Waals surface area contributed by atoms with E-state index in [0.29, 0.717) is 19.8 Å². The summed E-state index contributed by atoms with van der Waals surface area (Å²) in [6.45, 7) is 9.89. The Kier molecular flexibility index (Phi) is 9.69. The smallest absolute Gasteiger partial charge is 0.189 e. The average Bonchev–Trinajstić information content (AvgIpc) is 2.80. The second-order valence-corrected chi connectivity index (χ2v) is 9.02. The largest absolute Gasteiger partial charge is 0.464 e. The summed E-state index contributed by atoms with van der Waals surface area (Å²) in [5.41, 5.74) is 4.35. The van der Waals surface area contributed by atoms with Gasteiger partial charge in [-0.25, -0.2) is 0 Å². The van der Waals surface area contributed by atoms with Crippen LogP contribution in [0.3, 0.4) is 0 Å². The first-order valence-corrected chi connectivity index (χ1v) is 12.6. The molecule has 0 bridgehead atoms. The minimum absolute atomic E-state index is 0.0301. The van der Waals surface area contributed by atoms with Gasteiger partial charge in [-0.1, -0.05) is 89.6 Å². The SMILES string of the molecule is CC.CC/C=C\C1=C(CC)c2cccc3cccc(c23)C1(C)CCCCN(C(C)(F)F)C(F)(F)F. The van der Waals surface area contributed by atoms with E-state index in [0.717, 1.165) is 23.8 Å². The van der Waals surface area contributed by atoms with Gasteiger partial charge >= 0.3 is 12.3 Å². The Morgan fingerprint density at radius 1 is 0.943 bits per heavy atom. The van der Waals surface area contributed by atoms with Crippen molar-refractivity contribution in [2.75, 3.05) is 6.54 Å². The molecule has 6 heteroatoms. The molecule has 1 aliphatic rings. The Balaban J connectivity index is 0.00000210. The Hall–Kier alpha value is -2.21. The first kappa shape index (κ1) is 29.0. The molecule has 35 heavy (non-hydrogen) atoms. The van der Waals surface area contributed by atoms with Gasteiger partial charge in [0.05, 0.1) is 0 Å². The second kappa shape index (κ2) is 11.7. The maximum absolute atomic E-state index is 13.5. The maximum atomic E-state index is 13.5. The number of allylic oxidation sites excluding steroid dienone is 4. The van der Waals surface area contributed by atoms with Crippen molar-refractivity contribution in [3.8, 4) is 0 Å². The zero-order chi connectivity index (χ0) is 26.4. The normalized spacial score (nSPS) is 18.4. The van der Waals surface area contributed by atoms with E-state index in [1.807, 2.05) is 19.9 Å². The van der Waals surface area contributed by atoms with Gasteiger partial charge in [-0.2, -0.15) is 26.9 Å². The molecular weight excluding hydrogens is 457 g/mol. The van der Waals surface area contributed by atoms with E-state index >= 15 is 0 Å². The number of alkyl halides is 5. The van der Waals surface area contributed by atoms with E-state index in [1.54, 1.807) is 0 Å². The van der Waals surface area contributed by atoms with E-state index in [4.69, 9.17) is 0 Å². The van der Waals surface area contributed by atoms with Gasteiger partial charge in [0, 0.05) is 18.9 Å². The molecule has 1 unspecified atom stereocenters. The Morgan fingerprint density at radius 2 is 1.57 bits per heavy atom. The summed E-state index contributed by atoms with van der Waals surface area (Å²) in [6, 6.07) is 8.51. The molecule has 1 aliphatic carbocycles. The van der Waals surface area contributed by atoms with E-state index in [1.165, 1.54) is 22.1 Å². The molecular formula is C29H38F5N. The van der Waals surface area contributed by atoms with Gasteiger partial charge < -0.3 is 0 Å². The van der Waals surface area contributed by atoms with Crippen molar-refractivity contribution in [1.82, 2.24) is 4.90 Å². The average molecular weight is 496 g/mol. The number of benzene rings is 2. The monoisotopic (exact) mass is 495 g/mol. The molecule has 0 spiro atoms. The summed E-state index contributed by atoms with van der Waals surface area (Å²) in [4.78, 5) is -0.662. The van der Waals surface area contributed by atoms with Gasteiger partial charge in [-0.3, -0.25) is 0 Å². The van der Waals surface area contributed by atoms with Crippen molar-refractivity contribution in [2.45, 2.75) is 91.4 Å². The van der Waals surface area contributed by atoms with Crippen LogP contribution in [0.2, 0.25) is 0 Å². The van der Waals surface area contributed by atoms with Crippen LogP contribution in [-0.2, 0) is 5.41 Å². The van der Waals surface area contributed by atoms with Crippen molar-refractivity contribution >= 4 is 16.3 Å². The van der Waals surface area contributed by atoms with Gasteiger partial charge in [-0.05, 0) is 58.7 Å². The Labute approximate surface area is 206 Å². The van der Waals surface area contributed by atoms with Crippen LogP contribution in [0.25, 0.3) is 16.3 Å². The summed E-state index contributed by atoms with van der Waals surface area (Å²) >= 11 is 0. The third kappa shape index (κ3) is 6.14. The maximum Gasteiger partial charge on any atom is 0.464 e. The summed E-state index contributed by atoms with van der Waals surface area (Å²) in [6.07, 6.45) is 1.90. The molecule has 0 N–H and O–H groups in total. The quantitative estimate of drug-likeness (QED) is 0.190. The van der Waals surface area contributed by atoms with Crippen molar-refractivity contribution in [1.29, 1.82) is 0 Å². The molecule has 0 aromatic heterocycles. The minimum Gasteiger partial charge on any atom is -0.189 e. The second-order valence-electron chi connectivity index (χ2n) is 9.02. The molecule has 0 radical (unpaired) electrons. The van der Waals surface area contributed by atoms with Crippen LogP contribution in [0, 0.1) is 0 Å². The first-order chi connectivity index (χ1) is 16.4. The molecule has 2 aromatic carbocycles. The van der Waals surface area contributed by atoms with E-state index in [2.05, 4.69) is 63.3 Å². The third-order valence-corrected chi connectivity index (χ3v) is 6.71. The number of halogens is 5. The molecule has 0 heterocycles. The molecule has 1 nitrogen and oxygen atoms in total. The van der Waals surface area contributed by atoms with Crippen molar-refractivity contribution in [3.05, 3.63) is 65.3 Å². The summed E-state index contributed by atoms with van der Waals surface area (Å²) in [5.74, 6) is 0. The summed E-state index contributed by atoms with van der Waals surface area (Å²) in [5, 5.41) is 2.32. The molecule has 0 saturated heterocycles. The van der Waals surface area contributed by atoms with Crippen LogP contribution in [0.5, 0.6) is 0 Å². The summed E-state index contributed by atoms with van der Waals surface area (Å²) < 4.78 is 66.4. The molecule has 1 atom stereocenters. The van der Waals surface area contributed by atoms with E-state index in [9.17, 15) is 22.0 Å². The fourth-order valence-corrected chi connectivity index (χ4v) is 5.14. The third-order valence-electron chi connectivity index (χ3n) is 6.71. The Bertz CT molecular complexity index is 1030. The highest BCUT2D eigenvalue weighted by Crippen LogP contribution is 2.50. The van der Waals surface area contributed by atoms with Crippen molar-refractivity contribution < 1.29 is 22.0 Å². The van der Waals surface area contributed by atoms with E-state index in [-0.39, 0.29) is 6.42 Å².